The van der Waals surface area contributed by atoms with E-state index in [1.807, 2.05) is 0 Å². The number of hydrogen-bond acceptors (Lipinski definition) is 8. The maximum Gasteiger partial charge on any atom is 0.267 e. The molecular formula is C21H26N4O4S2. The number of aliphatic hydroxyl groups is 1. The van der Waals surface area contributed by atoms with Crippen molar-refractivity contribution in [3.8, 4) is 0 Å². The maximum atomic E-state index is 13.2. The number of unbranched alkanes of at least 4 members (excludes halogenated alkanes) is 2. The van der Waals surface area contributed by atoms with Gasteiger partial charge in [-0.15, -0.1) is 0 Å². The molecule has 31 heavy (non-hydrogen) atoms. The largest absolute Gasteiger partial charge is 0.394 e. The maximum absolute atomic E-state index is 13.2. The lowest BCUT2D eigenvalue weighted by molar-refractivity contribution is -0.122. The Kier molecular flexibility index (Phi) is 8.59. The quantitative estimate of drug-likeness (QED) is 0.299. The Balaban J connectivity index is 1.91. The number of carbonyl (C=O) groups excluding carboxylic acids is 1. The summed E-state index contributed by atoms with van der Waals surface area (Å²) in [5.41, 5.74) is 0.510. The van der Waals surface area contributed by atoms with Gasteiger partial charge in [-0.25, -0.2) is 4.98 Å². The molecule has 0 aromatic carbocycles. The molecule has 0 bridgehead atoms. The first-order chi connectivity index (χ1) is 15.1. The van der Waals surface area contributed by atoms with Crippen LogP contribution in [0, 0.1) is 0 Å². The molecule has 1 aliphatic heterocycles. The van der Waals surface area contributed by atoms with E-state index in [2.05, 4.69) is 17.2 Å². The Morgan fingerprint density at radius 2 is 2.13 bits per heavy atom. The molecule has 2 N–H and O–H groups in total. The van der Waals surface area contributed by atoms with E-state index in [0.717, 1.165) is 19.3 Å². The van der Waals surface area contributed by atoms with E-state index in [9.17, 15) is 9.59 Å². The number of thiocarbonyl (C=S) groups is 1. The first-order valence-corrected chi connectivity index (χ1v) is 11.5. The lowest BCUT2D eigenvalue weighted by Crippen LogP contribution is -2.29. The number of rotatable bonds is 11. The van der Waals surface area contributed by atoms with Crippen LogP contribution in [-0.4, -0.2) is 62.5 Å². The van der Waals surface area contributed by atoms with Crippen molar-refractivity contribution in [1.82, 2.24) is 14.3 Å². The SMILES string of the molecule is CCCCCN1C(=O)/C(=C\c2c(NCCOCCO)nc3ccccn3c2=O)SC1=S. The zero-order chi connectivity index (χ0) is 22.2. The fourth-order valence-corrected chi connectivity index (χ4v) is 4.41. The Hall–Kier alpha value is -2.27. The number of nitrogens with one attached hydrogen (secondary N) is 1. The van der Waals surface area contributed by atoms with Gasteiger partial charge >= 0.3 is 0 Å². The average Bonchev–Trinajstić information content (AvgIpc) is 3.03. The molecule has 3 rings (SSSR count). The van der Waals surface area contributed by atoms with Crippen molar-refractivity contribution in [2.45, 2.75) is 26.2 Å². The number of fused-ring (bicyclic) bond motifs is 1. The van der Waals surface area contributed by atoms with Crippen LogP contribution in [0.4, 0.5) is 5.82 Å². The first kappa shape index (κ1) is 23.4. The van der Waals surface area contributed by atoms with Crippen molar-refractivity contribution in [3.05, 3.63) is 45.2 Å². The second-order valence-electron chi connectivity index (χ2n) is 6.91. The van der Waals surface area contributed by atoms with Crippen LogP contribution in [0.1, 0.15) is 31.7 Å². The van der Waals surface area contributed by atoms with Gasteiger partial charge in [0.05, 0.1) is 30.3 Å². The van der Waals surface area contributed by atoms with Gasteiger partial charge in [0.15, 0.2) is 0 Å². The van der Waals surface area contributed by atoms with E-state index >= 15 is 0 Å². The van der Waals surface area contributed by atoms with E-state index in [-0.39, 0.29) is 24.7 Å². The number of pyridine rings is 1. The number of ether oxygens (including phenoxy) is 1. The van der Waals surface area contributed by atoms with Gasteiger partial charge in [0.1, 0.15) is 15.8 Å². The molecule has 0 saturated carbocycles. The predicted octanol–water partition coefficient (Wildman–Crippen LogP) is 2.51. The van der Waals surface area contributed by atoms with Gasteiger partial charge in [-0.1, -0.05) is 49.8 Å². The molecule has 1 fully saturated rings. The van der Waals surface area contributed by atoms with Crippen LogP contribution in [0.15, 0.2) is 34.1 Å². The Morgan fingerprint density at radius 3 is 2.90 bits per heavy atom. The highest BCUT2D eigenvalue weighted by atomic mass is 32.2. The van der Waals surface area contributed by atoms with Crippen LogP contribution in [0.2, 0.25) is 0 Å². The summed E-state index contributed by atoms with van der Waals surface area (Å²) >= 11 is 6.59. The smallest absolute Gasteiger partial charge is 0.267 e. The standard InChI is InChI=1S/C21H26N4O4S2/c1-2-3-5-10-25-20(28)16(31-21(25)30)14-15-18(22-8-12-29-13-11-26)23-17-7-4-6-9-24(17)19(15)27/h4,6-7,9,14,22,26H,2-3,5,8,10-13H2,1H3/b16-14+. The highest BCUT2D eigenvalue weighted by molar-refractivity contribution is 8.26. The van der Waals surface area contributed by atoms with Gasteiger partial charge in [-0.2, -0.15) is 0 Å². The zero-order valence-corrected chi connectivity index (χ0v) is 19.0. The highest BCUT2D eigenvalue weighted by Gasteiger charge is 2.32. The van der Waals surface area contributed by atoms with Gasteiger partial charge in [0.25, 0.3) is 11.5 Å². The molecule has 0 unspecified atom stereocenters. The summed E-state index contributed by atoms with van der Waals surface area (Å²) in [4.78, 5) is 32.6. The van der Waals surface area contributed by atoms with Crippen molar-refractivity contribution in [2.75, 3.05) is 38.2 Å². The van der Waals surface area contributed by atoms with Crippen molar-refractivity contribution in [3.63, 3.8) is 0 Å². The van der Waals surface area contributed by atoms with Crippen LogP contribution in [-0.2, 0) is 9.53 Å². The monoisotopic (exact) mass is 462 g/mol. The number of thioether (sulfide) groups is 1. The predicted molar refractivity (Wildman–Crippen MR) is 127 cm³/mol. The van der Waals surface area contributed by atoms with Gasteiger partial charge < -0.3 is 15.2 Å². The van der Waals surface area contributed by atoms with Crippen LogP contribution in [0.25, 0.3) is 11.7 Å². The molecule has 10 heteroatoms. The molecule has 166 valence electrons. The van der Waals surface area contributed by atoms with E-state index in [1.54, 1.807) is 35.4 Å². The topological polar surface area (TPSA) is 96.2 Å². The Morgan fingerprint density at radius 1 is 1.29 bits per heavy atom. The highest BCUT2D eigenvalue weighted by Crippen LogP contribution is 2.33. The van der Waals surface area contributed by atoms with Gasteiger partial charge in [0.2, 0.25) is 0 Å². The molecule has 0 radical (unpaired) electrons. The summed E-state index contributed by atoms with van der Waals surface area (Å²) in [5, 5.41) is 11.9. The lowest BCUT2D eigenvalue weighted by atomic mass is 10.2. The van der Waals surface area contributed by atoms with Crippen LogP contribution >= 0.6 is 24.0 Å². The fraction of sp³-hybridized carbons (Fsp3) is 0.429. The minimum atomic E-state index is -0.277. The number of carbonyl (C=O) groups is 1. The van der Waals surface area contributed by atoms with Gasteiger partial charge in [-0.3, -0.25) is 18.9 Å². The summed E-state index contributed by atoms with van der Waals surface area (Å²) in [6.07, 6.45) is 6.19. The Bertz CT molecular complexity index is 1040. The van der Waals surface area contributed by atoms with Crippen LogP contribution in [0.3, 0.4) is 0 Å². The summed E-state index contributed by atoms with van der Waals surface area (Å²) in [7, 11) is 0. The third-order valence-corrected chi connectivity index (χ3v) is 6.06. The third kappa shape index (κ3) is 5.70. The molecule has 1 aliphatic rings. The van der Waals surface area contributed by atoms with Gasteiger partial charge in [0, 0.05) is 19.3 Å². The Labute approximate surface area is 190 Å². The van der Waals surface area contributed by atoms with Crippen molar-refractivity contribution in [2.24, 2.45) is 0 Å². The van der Waals surface area contributed by atoms with Crippen LogP contribution < -0.4 is 10.9 Å². The first-order valence-electron chi connectivity index (χ1n) is 10.3. The second-order valence-corrected chi connectivity index (χ2v) is 8.59. The van der Waals surface area contributed by atoms with E-state index in [1.165, 1.54) is 16.2 Å². The summed E-state index contributed by atoms with van der Waals surface area (Å²) in [6, 6.07) is 5.30. The fourth-order valence-electron chi connectivity index (χ4n) is 3.12. The minimum absolute atomic E-state index is 0.0546. The third-order valence-electron chi connectivity index (χ3n) is 4.68. The molecule has 0 atom stereocenters. The molecule has 1 amide bonds. The zero-order valence-electron chi connectivity index (χ0n) is 17.4. The molecule has 2 aromatic rings. The molecule has 1 saturated heterocycles. The average molecular weight is 463 g/mol. The number of anilines is 1. The minimum Gasteiger partial charge on any atom is -0.394 e. The summed E-state index contributed by atoms with van der Waals surface area (Å²) in [5.74, 6) is 0.195. The van der Waals surface area contributed by atoms with Crippen molar-refractivity contribution >= 4 is 51.7 Å². The summed E-state index contributed by atoms with van der Waals surface area (Å²) < 4.78 is 7.22. The van der Waals surface area contributed by atoms with Crippen molar-refractivity contribution < 1.29 is 14.6 Å². The molecule has 2 aromatic heterocycles. The molecule has 0 spiro atoms. The van der Waals surface area contributed by atoms with E-state index in [0.29, 0.717) is 46.0 Å². The number of aliphatic hydroxyl groups excluding tert-OH is 1. The van der Waals surface area contributed by atoms with E-state index in [4.69, 9.17) is 22.1 Å². The summed E-state index contributed by atoms with van der Waals surface area (Å²) in [6.45, 7) is 3.61. The lowest BCUT2D eigenvalue weighted by Gasteiger charge is -2.13. The molecular weight excluding hydrogens is 436 g/mol. The molecule has 8 nitrogen and oxygen atoms in total. The number of aromatic nitrogens is 2. The normalized spacial score (nSPS) is 15.4. The molecule has 3 heterocycles. The molecule has 0 aliphatic carbocycles. The van der Waals surface area contributed by atoms with Crippen LogP contribution in [0.5, 0.6) is 0 Å². The number of hydrogen-bond donors (Lipinski definition) is 2. The number of amides is 1. The van der Waals surface area contributed by atoms with E-state index < -0.39 is 0 Å². The second kappa shape index (κ2) is 11.4. The van der Waals surface area contributed by atoms with Gasteiger partial charge in [-0.05, 0) is 24.6 Å². The number of nitrogens with zero attached hydrogens (tertiary/aromatic N) is 3. The van der Waals surface area contributed by atoms with Crippen molar-refractivity contribution in [1.29, 1.82) is 0 Å².